The zero-order chi connectivity index (χ0) is 20.8. The predicted octanol–water partition coefficient (Wildman–Crippen LogP) is 3.81. The van der Waals surface area contributed by atoms with Crippen LogP contribution in [0.25, 0.3) is 0 Å². The molecular formula is C22H22N4O3. The van der Waals surface area contributed by atoms with Gasteiger partial charge in [-0.3, -0.25) is 4.79 Å². The number of amides is 1. The minimum absolute atomic E-state index is 0.152. The van der Waals surface area contributed by atoms with Gasteiger partial charge in [-0.1, -0.05) is 30.3 Å². The van der Waals surface area contributed by atoms with E-state index >= 15 is 0 Å². The van der Waals surface area contributed by atoms with Crippen molar-refractivity contribution in [2.24, 2.45) is 0 Å². The molecule has 0 radical (unpaired) electrons. The fraction of sp³-hybridized carbons (Fsp3) is 0.182. The number of aromatic nitrogens is 2. The van der Waals surface area contributed by atoms with Crippen LogP contribution in [0.1, 0.15) is 45.1 Å². The van der Waals surface area contributed by atoms with Crippen molar-refractivity contribution in [2.75, 3.05) is 12.4 Å². The maximum atomic E-state index is 12.7. The Morgan fingerprint density at radius 1 is 1.00 bits per heavy atom. The highest BCUT2D eigenvalue weighted by Gasteiger charge is 2.15. The van der Waals surface area contributed by atoms with E-state index in [2.05, 4.69) is 25.3 Å². The summed E-state index contributed by atoms with van der Waals surface area (Å²) in [5.41, 5.74) is 3.07. The molecule has 0 fully saturated rings. The molecule has 0 saturated heterocycles. The van der Waals surface area contributed by atoms with E-state index in [-0.39, 0.29) is 17.6 Å². The minimum atomic E-state index is -0.408. The van der Waals surface area contributed by atoms with E-state index in [1.54, 1.807) is 37.3 Å². The zero-order valence-electron chi connectivity index (χ0n) is 16.5. The highest BCUT2D eigenvalue weighted by molar-refractivity contribution is 5.93. The maximum absolute atomic E-state index is 12.7. The monoisotopic (exact) mass is 390 g/mol. The molecule has 3 rings (SSSR count). The summed E-state index contributed by atoms with van der Waals surface area (Å²) in [6.07, 6.45) is 0. The van der Waals surface area contributed by atoms with E-state index in [1.165, 1.54) is 7.11 Å². The van der Waals surface area contributed by atoms with Crippen molar-refractivity contribution in [2.45, 2.75) is 19.9 Å². The molecule has 148 valence electrons. The third-order valence-electron chi connectivity index (χ3n) is 4.30. The van der Waals surface area contributed by atoms with Gasteiger partial charge in [0.15, 0.2) is 0 Å². The molecule has 0 saturated carbocycles. The van der Waals surface area contributed by atoms with Gasteiger partial charge in [0.2, 0.25) is 5.95 Å². The van der Waals surface area contributed by atoms with Gasteiger partial charge in [0.1, 0.15) is 5.69 Å². The third kappa shape index (κ3) is 5.16. The number of anilines is 2. The molecule has 2 aromatic carbocycles. The van der Waals surface area contributed by atoms with Gasteiger partial charge >= 0.3 is 5.97 Å². The molecule has 1 aromatic heterocycles. The van der Waals surface area contributed by atoms with Crippen LogP contribution in [0.15, 0.2) is 60.7 Å². The molecule has 7 heteroatoms. The highest BCUT2D eigenvalue weighted by atomic mass is 16.5. The summed E-state index contributed by atoms with van der Waals surface area (Å²) in [5, 5.41) is 6.00. The average Bonchev–Trinajstić information content (AvgIpc) is 2.74. The zero-order valence-corrected chi connectivity index (χ0v) is 16.5. The topological polar surface area (TPSA) is 93.2 Å². The minimum Gasteiger partial charge on any atom is -0.465 e. The summed E-state index contributed by atoms with van der Waals surface area (Å²) in [5.74, 6) is -0.390. The number of nitrogens with zero attached hydrogens (tertiary/aromatic N) is 2. The standard InChI is InChI=1S/C22H22N4O3/c1-14-13-19(20(27)24-15(2)16-7-5-4-6-8-16)26-22(23-14)25-18-11-9-17(10-12-18)21(28)29-3/h4-13,15H,1-3H3,(H,24,27)(H,23,25,26). The fourth-order valence-corrected chi connectivity index (χ4v) is 2.77. The number of ether oxygens (including phenoxy) is 1. The lowest BCUT2D eigenvalue weighted by atomic mass is 10.1. The van der Waals surface area contributed by atoms with Crippen molar-refractivity contribution in [1.82, 2.24) is 15.3 Å². The molecule has 0 aliphatic rings. The van der Waals surface area contributed by atoms with Crippen molar-refractivity contribution in [1.29, 1.82) is 0 Å². The van der Waals surface area contributed by atoms with E-state index in [4.69, 9.17) is 0 Å². The number of hydrogen-bond donors (Lipinski definition) is 2. The van der Waals surface area contributed by atoms with Crippen LogP contribution in [-0.4, -0.2) is 29.0 Å². The van der Waals surface area contributed by atoms with Gasteiger partial charge in [-0.05, 0) is 49.7 Å². The molecule has 7 nitrogen and oxygen atoms in total. The van der Waals surface area contributed by atoms with E-state index in [0.717, 1.165) is 5.56 Å². The van der Waals surface area contributed by atoms with Gasteiger partial charge < -0.3 is 15.4 Å². The first-order valence-corrected chi connectivity index (χ1v) is 9.13. The molecule has 1 amide bonds. The Balaban J connectivity index is 1.74. The SMILES string of the molecule is COC(=O)c1ccc(Nc2nc(C)cc(C(=O)NC(C)c3ccccc3)n2)cc1. The van der Waals surface area contributed by atoms with Gasteiger partial charge in [-0.2, -0.15) is 0 Å². The smallest absolute Gasteiger partial charge is 0.337 e. The molecule has 0 aliphatic heterocycles. The molecule has 0 spiro atoms. The van der Waals surface area contributed by atoms with E-state index in [0.29, 0.717) is 22.9 Å². The lowest BCUT2D eigenvalue weighted by molar-refractivity contribution is 0.0600. The normalized spacial score (nSPS) is 11.4. The van der Waals surface area contributed by atoms with Crippen LogP contribution in [0.2, 0.25) is 0 Å². The van der Waals surface area contributed by atoms with Crippen LogP contribution in [0.5, 0.6) is 0 Å². The molecule has 0 aliphatic carbocycles. The van der Waals surface area contributed by atoms with Crippen LogP contribution in [0, 0.1) is 6.92 Å². The van der Waals surface area contributed by atoms with Crippen LogP contribution in [0.3, 0.4) is 0 Å². The van der Waals surface area contributed by atoms with Crippen molar-refractivity contribution >= 4 is 23.5 Å². The predicted molar refractivity (Wildman–Crippen MR) is 110 cm³/mol. The van der Waals surface area contributed by atoms with E-state index < -0.39 is 5.97 Å². The van der Waals surface area contributed by atoms with Crippen LogP contribution in [0.4, 0.5) is 11.6 Å². The van der Waals surface area contributed by atoms with Crippen LogP contribution < -0.4 is 10.6 Å². The van der Waals surface area contributed by atoms with E-state index in [1.807, 2.05) is 37.3 Å². The number of benzene rings is 2. The molecule has 1 atom stereocenters. The molecule has 3 aromatic rings. The van der Waals surface area contributed by atoms with Gasteiger partial charge in [0.25, 0.3) is 5.91 Å². The lowest BCUT2D eigenvalue weighted by Crippen LogP contribution is -2.27. The Labute approximate surface area is 169 Å². The second kappa shape index (κ2) is 8.97. The Morgan fingerprint density at radius 2 is 1.69 bits per heavy atom. The summed E-state index contributed by atoms with van der Waals surface area (Å²) in [6, 6.07) is 17.9. The lowest BCUT2D eigenvalue weighted by Gasteiger charge is -2.14. The average molecular weight is 390 g/mol. The first kappa shape index (κ1) is 20.0. The summed E-state index contributed by atoms with van der Waals surface area (Å²) in [7, 11) is 1.33. The summed E-state index contributed by atoms with van der Waals surface area (Å²) in [4.78, 5) is 32.8. The van der Waals surface area contributed by atoms with Crippen molar-refractivity contribution in [3.63, 3.8) is 0 Å². The van der Waals surface area contributed by atoms with Crippen molar-refractivity contribution in [3.05, 3.63) is 83.2 Å². The molecule has 0 bridgehead atoms. The number of hydrogen-bond acceptors (Lipinski definition) is 6. The summed E-state index contributed by atoms with van der Waals surface area (Å²) in [6.45, 7) is 3.72. The third-order valence-corrected chi connectivity index (χ3v) is 4.30. The van der Waals surface area contributed by atoms with Gasteiger partial charge in [0, 0.05) is 11.4 Å². The second-order valence-electron chi connectivity index (χ2n) is 6.52. The maximum Gasteiger partial charge on any atom is 0.337 e. The van der Waals surface area contributed by atoms with Crippen LogP contribution >= 0.6 is 0 Å². The van der Waals surface area contributed by atoms with Gasteiger partial charge in [-0.15, -0.1) is 0 Å². The first-order valence-electron chi connectivity index (χ1n) is 9.13. The first-order chi connectivity index (χ1) is 14.0. The number of aryl methyl sites for hydroxylation is 1. The molecule has 29 heavy (non-hydrogen) atoms. The number of methoxy groups -OCH3 is 1. The van der Waals surface area contributed by atoms with Crippen LogP contribution in [-0.2, 0) is 4.74 Å². The molecule has 1 heterocycles. The quantitative estimate of drug-likeness (QED) is 0.622. The fourth-order valence-electron chi connectivity index (χ4n) is 2.77. The second-order valence-corrected chi connectivity index (χ2v) is 6.52. The van der Waals surface area contributed by atoms with Gasteiger partial charge in [0.05, 0.1) is 18.7 Å². The van der Waals surface area contributed by atoms with Crippen molar-refractivity contribution < 1.29 is 14.3 Å². The number of carbonyl (C=O) groups is 2. The number of carbonyl (C=O) groups excluding carboxylic acids is 2. The summed E-state index contributed by atoms with van der Waals surface area (Å²) < 4.78 is 4.69. The Kier molecular flexibility index (Phi) is 6.19. The highest BCUT2D eigenvalue weighted by Crippen LogP contribution is 2.17. The van der Waals surface area contributed by atoms with Crippen molar-refractivity contribution in [3.8, 4) is 0 Å². The van der Waals surface area contributed by atoms with Gasteiger partial charge in [-0.25, -0.2) is 14.8 Å². The molecular weight excluding hydrogens is 368 g/mol. The molecule has 1 unspecified atom stereocenters. The number of nitrogens with one attached hydrogen (secondary N) is 2. The molecule has 2 N–H and O–H groups in total. The number of rotatable bonds is 6. The summed E-state index contributed by atoms with van der Waals surface area (Å²) >= 11 is 0. The Bertz CT molecular complexity index is 1000. The van der Waals surface area contributed by atoms with E-state index in [9.17, 15) is 9.59 Å². The number of esters is 1. The largest absolute Gasteiger partial charge is 0.465 e. The Hall–Kier alpha value is -3.74. The Morgan fingerprint density at radius 3 is 2.34 bits per heavy atom.